The van der Waals surface area contributed by atoms with Gasteiger partial charge >= 0.3 is 0 Å². The van der Waals surface area contributed by atoms with Gasteiger partial charge in [0.05, 0.1) is 24.8 Å². The van der Waals surface area contributed by atoms with E-state index < -0.39 is 17.7 Å². The first-order valence-corrected chi connectivity index (χ1v) is 11.6. The van der Waals surface area contributed by atoms with Crippen molar-refractivity contribution in [2.45, 2.75) is 26.4 Å². The van der Waals surface area contributed by atoms with Crippen molar-refractivity contribution in [1.82, 2.24) is 9.88 Å². The fourth-order valence-corrected chi connectivity index (χ4v) is 4.20. The zero-order valence-corrected chi connectivity index (χ0v) is 20.2. The molecule has 1 unspecified atom stereocenters. The predicted octanol–water partition coefficient (Wildman–Crippen LogP) is 5.15. The van der Waals surface area contributed by atoms with Crippen molar-refractivity contribution in [2.24, 2.45) is 0 Å². The highest BCUT2D eigenvalue weighted by molar-refractivity contribution is 6.46. The van der Waals surface area contributed by atoms with Gasteiger partial charge in [-0.05, 0) is 73.5 Å². The Morgan fingerprint density at radius 3 is 2.29 bits per heavy atom. The predicted molar refractivity (Wildman–Crippen MR) is 132 cm³/mol. The summed E-state index contributed by atoms with van der Waals surface area (Å²) in [5.74, 6) is -0.679. The molecular weight excluding hydrogens is 468 g/mol. The summed E-state index contributed by atoms with van der Waals surface area (Å²) in [7, 11) is 0. The number of nitrogens with zero attached hydrogens (tertiary/aromatic N) is 2. The maximum absolute atomic E-state index is 13.2. The molecule has 0 radical (unpaired) electrons. The van der Waals surface area contributed by atoms with Crippen molar-refractivity contribution in [2.75, 3.05) is 13.2 Å². The number of ether oxygens (including phenoxy) is 2. The van der Waals surface area contributed by atoms with E-state index >= 15 is 0 Å². The van der Waals surface area contributed by atoms with Gasteiger partial charge in [0.15, 0.2) is 11.5 Å². The van der Waals surface area contributed by atoms with E-state index in [-0.39, 0.29) is 17.9 Å². The number of likely N-dealkylation sites (tertiary alicyclic amines) is 1. The van der Waals surface area contributed by atoms with Crippen molar-refractivity contribution in [3.63, 3.8) is 0 Å². The van der Waals surface area contributed by atoms with Gasteiger partial charge in [-0.3, -0.25) is 14.6 Å². The Morgan fingerprint density at radius 1 is 0.971 bits per heavy atom. The van der Waals surface area contributed by atoms with E-state index in [2.05, 4.69) is 4.98 Å². The number of aromatic nitrogens is 1. The summed E-state index contributed by atoms with van der Waals surface area (Å²) in [6.45, 7) is 4.76. The van der Waals surface area contributed by atoms with E-state index in [4.69, 9.17) is 21.1 Å². The minimum Gasteiger partial charge on any atom is -0.507 e. The zero-order valence-electron chi connectivity index (χ0n) is 19.4. The highest BCUT2D eigenvalue weighted by Crippen LogP contribution is 2.42. The molecule has 1 aliphatic rings. The number of amides is 1. The van der Waals surface area contributed by atoms with Crippen molar-refractivity contribution < 1.29 is 24.2 Å². The largest absolute Gasteiger partial charge is 0.507 e. The lowest BCUT2D eigenvalue weighted by atomic mass is 9.95. The van der Waals surface area contributed by atoms with E-state index in [9.17, 15) is 14.7 Å². The Hall–Kier alpha value is -3.84. The molecule has 1 N–H and O–H groups in total. The maximum atomic E-state index is 13.2. The van der Waals surface area contributed by atoms with Gasteiger partial charge in [0, 0.05) is 29.5 Å². The number of pyridine rings is 1. The van der Waals surface area contributed by atoms with Crippen LogP contribution in [-0.2, 0) is 16.1 Å². The van der Waals surface area contributed by atoms with E-state index in [1.165, 1.54) is 4.90 Å². The first-order valence-electron chi connectivity index (χ1n) is 11.3. The third-order valence-corrected chi connectivity index (χ3v) is 5.90. The number of carbonyl (C=O) groups is 2. The van der Waals surface area contributed by atoms with Gasteiger partial charge in [0.1, 0.15) is 5.76 Å². The fraction of sp³-hybridized carbons (Fsp3) is 0.222. The van der Waals surface area contributed by atoms with Crippen molar-refractivity contribution in [3.05, 3.63) is 94.3 Å². The van der Waals surface area contributed by atoms with Crippen LogP contribution in [0.25, 0.3) is 5.76 Å². The van der Waals surface area contributed by atoms with E-state index in [1.807, 2.05) is 13.8 Å². The van der Waals surface area contributed by atoms with E-state index in [0.29, 0.717) is 40.9 Å². The summed E-state index contributed by atoms with van der Waals surface area (Å²) in [4.78, 5) is 31.9. The van der Waals surface area contributed by atoms with Crippen molar-refractivity contribution >= 4 is 29.1 Å². The molecule has 35 heavy (non-hydrogen) atoms. The topological polar surface area (TPSA) is 89.0 Å². The molecule has 0 spiro atoms. The van der Waals surface area contributed by atoms with E-state index in [1.54, 1.807) is 67.0 Å². The molecule has 1 fully saturated rings. The summed E-state index contributed by atoms with van der Waals surface area (Å²) >= 11 is 6.00. The van der Waals surface area contributed by atoms with Crippen LogP contribution >= 0.6 is 11.6 Å². The summed E-state index contributed by atoms with van der Waals surface area (Å²) in [5, 5.41) is 11.7. The Kier molecular flexibility index (Phi) is 7.36. The second kappa shape index (κ2) is 10.6. The highest BCUT2D eigenvalue weighted by atomic mass is 35.5. The molecule has 8 heteroatoms. The Bertz CT molecular complexity index is 1260. The van der Waals surface area contributed by atoms with Crippen LogP contribution < -0.4 is 9.47 Å². The number of ketones is 1. The molecule has 1 saturated heterocycles. The van der Waals surface area contributed by atoms with Crippen LogP contribution in [0.5, 0.6) is 11.5 Å². The molecule has 1 atom stereocenters. The van der Waals surface area contributed by atoms with Gasteiger partial charge in [0.2, 0.25) is 0 Å². The summed E-state index contributed by atoms with van der Waals surface area (Å²) < 4.78 is 11.4. The number of hydrogen-bond acceptors (Lipinski definition) is 6. The third kappa shape index (κ3) is 5.00. The van der Waals surface area contributed by atoms with Crippen molar-refractivity contribution in [3.8, 4) is 11.5 Å². The minimum absolute atomic E-state index is 0.00186. The lowest BCUT2D eigenvalue weighted by molar-refractivity contribution is -0.140. The molecule has 2 heterocycles. The van der Waals surface area contributed by atoms with Crippen LogP contribution in [0.1, 0.15) is 36.6 Å². The molecule has 0 bridgehead atoms. The van der Waals surface area contributed by atoms with Gasteiger partial charge in [-0.2, -0.15) is 0 Å². The van der Waals surface area contributed by atoms with Crippen LogP contribution in [0.4, 0.5) is 0 Å². The van der Waals surface area contributed by atoms with Crippen LogP contribution in [0.3, 0.4) is 0 Å². The van der Waals surface area contributed by atoms with Gasteiger partial charge < -0.3 is 19.5 Å². The number of rotatable bonds is 8. The minimum atomic E-state index is -0.839. The van der Waals surface area contributed by atoms with Gasteiger partial charge in [-0.15, -0.1) is 0 Å². The smallest absolute Gasteiger partial charge is 0.295 e. The Balaban J connectivity index is 1.88. The number of benzene rings is 2. The van der Waals surface area contributed by atoms with Crippen LogP contribution in [0, 0.1) is 0 Å². The average Bonchev–Trinajstić information content (AvgIpc) is 3.11. The first-order chi connectivity index (χ1) is 16.9. The Morgan fingerprint density at radius 2 is 1.63 bits per heavy atom. The van der Waals surface area contributed by atoms with E-state index in [0.717, 1.165) is 5.56 Å². The average molecular weight is 493 g/mol. The standard InChI is InChI=1S/C27H25ClN2O5/c1-3-34-21-10-7-19(15-22(21)35-4-2)24-23(25(31)18-5-8-20(28)9-6-18)26(32)27(33)30(24)16-17-11-13-29-14-12-17/h5-15,24,31H,3-4,16H2,1-2H3. The van der Waals surface area contributed by atoms with Gasteiger partial charge in [-0.25, -0.2) is 0 Å². The molecule has 1 aromatic heterocycles. The lowest BCUT2D eigenvalue weighted by Crippen LogP contribution is -2.29. The molecule has 7 nitrogen and oxygen atoms in total. The van der Waals surface area contributed by atoms with Crippen LogP contribution in [0.15, 0.2) is 72.6 Å². The second-order valence-electron chi connectivity index (χ2n) is 7.86. The number of halogens is 1. The third-order valence-electron chi connectivity index (χ3n) is 5.64. The van der Waals surface area contributed by atoms with Gasteiger partial charge in [0.25, 0.3) is 11.7 Å². The molecule has 1 aliphatic heterocycles. The SMILES string of the molecule is CCOc1ccc(C2C(=C(O)c3ccc(Cl)cc3)C(=O)C(=O)N2Cc2ccncc2)cc1OCC. The monoisotopic (exact) mass is 492 g/mol. The maximum Gasteiger partial charge on any atom is 0.295 e. The quantitative estimate of drug-likeness (QED) is 0.265. The number of hydrogen-bond donors (Lipinski definition) is 1. The number of aliphatic hydroxyl groups excluding tert-OH is 1. The van der Waals surface area contributed by atoms with Crippen molar-refractivity contribution in [1.29, 1.82) is 0 Å². The molecule has 180 valence electrons. The molecule has 1 amide bonds. The molecular formula is C27H25ClN2O5. The summed E-state index contributed by atoms with van der Waals surface area (Å²) in [5.41, 5.74) is 1.80. The van der Waals surface area contributed by atoms with Crippen LogP contribution in [-0.4, -0.2) is 39.9 Å². The van der Waals surface area contributed by atoms with Crippen LogP contribution in [0.2, 0.25) is 5.02 Å². The number of aliphatic hydroxyl groups is 1. The second-order valence-corrected chi connectivity index (χ2v) is 8.30. The molecule has 4 rings (SSSR count). The zero-order chi connectivity index (χ0) is 24.9. The number of carbonyl (C=O) groups excluding carboxylic acids is 2. The summed E-state index contributed by atoms with van der Waals surface area (Å²) in [6.07, 6.45) is 3.25. The number of Topliss-reactive ketones (excluding diaryl/α,β-unsaturated/α-hetero) is 1. The normalized spacial score (nSPS) is 17.0. The molecule has 0 saturated carbocycles. The summed E-state index contributed by atoms with van der Waals surface area (Å²) in [6, 6.07) is 14.4. The lowest BCUT2D eigenvalue weighted by Gasteiger charge is -2.26. The fourth-order valence-electron chi connectivity index (χ4n) is 4.08. The highest BCUT2D eigenvalue weighted by Gasteiger charge is 2.46. The molecule has 0 aliphatic carbocycles. The van der Waals surface area contributed by atoms with Gasteiger partial charge in [-0.1, -0.05) is 17.7 Å². The Labute approximate surface area is 208 Å². The molecule has 3 aromatic rings. The first kappa shape index (κ1) is 24.3. The molecule has 2 aromatic carbocycles.